The van der Waals surface area contributed by atoms with Gasteiger partial charge in [-0.15, -0.1) is 0 Å². The van der Waals surface area contributed by atoms with Gasteiger partial charge in [0.15, 0.2) is 4.67 Å². The first kappa shape index (κ1) is 13.1. The summed E-state index contributed by atoms with van der Waals surface area (Å²) in [5.41, 5.74) is 2.84. The minimum atomic E-state index is -0.331. The Morgan fingerprint density at radius 1 is 1.50 bits per heavy atom. The van der Waals surface area contributed by atoms with Crippen molar-refractivity contribution in [3.63, 3.8) is 0 Å². The number of hydrogen-bond acceptors (Lipinski definition) is 4. The third-order valence-corrected chi connectivity index (χ3v) is 3.84. The van der Waals surface area contributed by atoms with Crippen LogP contribution in [-0.4, -0.2) is 12.1 Å². The molecule has 0 unspecified atom stereocenters. The Balaban J connectivity index is 2.00. The van der Waals surface area contributed by atoms with Gasteiger partial charge in [-0.3, -0.25) is 4.79 Å². The van der Waals surface area contributed by atoms with Crippen molar-refractivity contribution in [3.8, 4) is 0 Å². The van der Waals surface area contributed by atoms with Gasteiger partial charge in [-0.1, -0.05) is 0 Å². The van der Waals surface area contributed by atoms with Gasteiger partial charge in [0.1, 0.15) is 11.5 Å². The van der Waals surface area contributed by atoms with Gasteiger partial charge in [-0.25, -0.2) is 5.43 Å². The lowest BCUT2D eigenvalue weighted by atomic mass is 10.2. The number of carbonyl (C=O) groups is 1. The fourth-order valence-electron chi connectivity index (χ4n) is 1.26. The average Bonchev–Trinajstić information content (AvgIpc) is 2.86. The van der Waals surface area contributed by atoms with Crippen molar-refractivity contribution in [2.45, 2.75) is 6.92 Å². The van der Waals surface area contributed by atoms with Crippen LogP contribution in [0.1, 0.15) is 21.9 Å². The highest BCUT2D eigenvalue weighted by molar-refractivity contribution is 9.13. The molecule has 18 heavy (non-hydrogen) atoms. The standard InChI is InChI=1S/C11H8Br2N2O3/c1-6-8(2-3-17-6)11(16)15-14-5-7-4-9(12)10(13)18-7/h2-5H,1H3,(H,15,16)/b14-5+. The van der Waals surface area contributed by atoms with Crippen LogP contribution in [0.25, 0.3) is 0 Å². The van der Waals surface area contributed by atoms with E-state index in [1.54, 1.807) is 19.1 Å². The maximum absolute atomic E-state index is 11.7. The van der Waals surface area contributed by atoms with Crippen LogP contribution in [0.5, 0.6) is 0 Å². The molecule has 0 atom stereocenters. The highest BCUT2D eigenvalue weighted by Gasteiger charge is 2.10. The molecule has 2 heterocycles. The number of hydrazone groups is 1. The molecule has 0 aliphatic carbocycles. The molecule has 1 amide bonds. The lowest BCUT2D eigenvalue weighted by Gasteiger charge is -1.96. The number of halogens is 2. The number of amides is 1. The molecular weight excluding hydrogens is 368 g/mol. The number of aryl methyl sites for hydroxylation is 1. The molecule has 0 saturated carbocycles. The first-order chi connectivity index (χ1) is 8.58. The molecule has 0 aliphatic heterocycles. The molecule has 2 aromatic heterocycles. The molecule has 2 aromatic rings. The quantitative estimate of drug-likeness (QED) is 0.659. The van der Waals surface area contributed by atoms with Crippen molar-refractivity contribution in [3.05, 3.63) is 44.6 Å². The van der Waals surface area contributed by atoms with E-state index in [4.69, 9.17) is 8.83 Å². The molecule has 0 fully saturated rings. The molecule has 0 radical (unpaired) electrons. The van der Waals surface area contributed by atoms with Crippen molar-refractivity contribution in [1.29, 1.82) is 0 Å². The van der Waals surface area contributed by atoms with Crippen LogP contribution < -0.4 is 5.43 Å². The molecule has 0 spiro atoms. The van der Waals surface area contributed by atoms with E-state index in [0.29, 0.717) is 21.8 Å². The number of carbonyl (C=O) groups excluding carboxylic acids is 1. The monoisotopic (exact) mass is 374 g/mol. The van der Waals surface area contributed by atoms with Crippen molar-refractivity contribution in [1.82, 2.24) is 5.43 Å². The topological polar surface area (TPSA) is 67.7 Å². The Hall–Kier alpha value is -1.34. The van der Waals surface area contributed by atoms with Crippen LogP contribution in [0.3, 0.4) is 0 Å². The predicted octanol–water partition coefficient (Wildman–Crippen LogP) is 3.47. The van der Waals surface area contributed by atoms with E-state index in [9.17, 15) is 4.79 Å². The molecule has 0 aromatic carbocycles. The Morgan fingerprint density at radius 2 is 2.28 bits per heavy atom. The summed E-state index contributed by atoms with van der Waals surface area (Å²) in [6.07, 6.45) is 2.86. The predicted molar refractivity (Wildman–Crippen MR) is 72.6 cm³/mol. The second kappa shape index (κ2) is 5.53. The first-order valence-corrected chi connectivity index (χ1v) is 6.49. The first-order valence-electron chi connectivity index (χ1n) is 4.90. The van der Waals surface area contributed by atoms with E-state index < -0.39 is 0 Å². The fourth-order valence-corrected chi connectivity index (χ4v) is 1.87. The van der Waals surface area contributed by atoms with Crippen molar-refractivity contribution >= 4 is 44.0 Å². The van der Waals surface area contributed by atoms with Crippen LogP contribution in [0.15, 0.2) is 41.5 Å². The summed E-state index contributed by atoms with van der Waals surface area (Å²) < 4.78 is 11.6. The summed E-state index contributed by atoms with van der Waals surface area (Å²) in [6.45, 7) is 1.71. The summed E-state index contributed by atoms with van der Waals surface area (Å²) in [6, 6.07) is 3.31. The Bertz CT molecular complexity index is 582. The van der Waals surface area contributed by atoms with E-state index in [1.165, 1.54) is 12.5 Å². The minimum absolute atomic E-state index is 0.331. The van der Waals surface area contributed by atoms with Gasteiger partial charge in [0, 0.05) is 6.07 Å². The average molecular weight is 376 g/mol. The molecule has 5 nitrogen and oxygen atoms in total. The largest absolute Gasteiger partial charge is 0.469 e. The summed E-state index contributed by atoms with van der Waals surface area (Å²) in [5.74, 6) is 0.728. The van der Waals surface area contributed by atoms with Crippen LogP contribution >= 0.6 is 31.9 Å². The molecule has 0 aliphatic rings. The smallest absolute Gasteiger partial charge is 0.274 e. The Morgan fingerprint density at radius 3 is 2.83 bits per heavy atom. The summed E-state index contributed by atoms with van der Waals surface area (Å²) in [5, 5.41) is 3.79. The third kappa shape index (κ3) is 2.91. The molecule has 94 valence electrons. The highest BCUT2D eigenvalue weighted by atomic mass is 79.9. The van der Waals surface area contributed by atoms with E-state index in [1.807, 2.05) is 0 Å². The Kier molecular flexibility index (Phi) is 4.03. The minimum Gasteiger partial charge on any atom is -0.469 e. The Labute approximate surface area is 119 Å². The fraction of sp³-hybridized carbons (Fsp3) is 0.0909. The highest BCUT2D eigenvalue weighted by Crippen LogP contribution is 2.25. The van der Waals surface area contributed by atoms with Gasteiger partial charge >= 0.3 is 0 Å². The van der Waals surface area contributed by atoms with Crippen molar-refractivity contribution in [2.75, 3.05) is 0 Å². The zero-order valence-electron chi connectivity index (χ0n) is 9.24. The number of nitrogens with one attached hydrogen (secondary N) is 1. The van der Waals surface area contributed by atoms with Gasteiger partial charge < -0.3 is 8.83 Å². The summed E-state index contributed by atoms with van der Waals surface area (Å²) >= 11 is 6.48. The maximum Gasteiger partial charge on any atom is 0.274 e. The maximum atomic E-state index is 11.7. The van der Waals surface area contributed by atoms with E-state index in [2.05, 4.69) is 42.4 Å². The van der Waals surface area contributed by atoms with E-state index in [0.717, 1.165) is 4.47 Å². The third-order valence-electron chi connectivity index (χ3n) is 2.13. The lowest BCUT2D eigenvalue weighted by Crippen LogP contribution is -2.17. The van der Waals surface area contributed by atoms with Crippen LogP contribution in [0.4, 0.5) is 0 Å². The van der Waals surface area contributed by atoms with Gasteiger partial charge in [-0.05, 0) is 44.8 Å². The van der Waals surface area contributed by atoms with Gasteiger partial charge in [0.05, 0.1) is 22.5 Å². The van der Waals surface area contributed by atoms with Gasteiger partial charge in [0.25, 0.3) is 5.91 Å². The number of rotatable bonds is 3. The summed E-state index contributed by atoms with van der Waals surface area (Å²) in [7, 11) is 0. The lowest BCUT2D eigenvalue weighted by molar-refractivity contribution is 0.0953. The second-order valence-corrected chi connectivity index (χ2v) is 4.93. The van der Waals surface area contributed by atoms with Crippen LogP contribution in [-0.2, 0) is 0 Å². The molecule has 2 rings (SSSR count). The molecule has 1 N–H and O–H groups in total. The zero-order valence-corrected chi connectivity index (χ0v) is 12.4. The van der Waals surface area contributed by atoms with E-state index in [-0.39, 0.29) is 5.91 Å². The molecule has 0 bridgehead atoms. The molecular formula is C11H8Br2N2O3. The SMILES string of the molecule is Cc1occc1C(=O)N/N=C/c1cc(Br)c(Br)o1. The number of furan rings is 2. The second-order valence-electron chi connectivity index (χ2n) is 3.36. The van der Waals surface area contributed by atoms with Crippen LogP contribution in [0.2, 0.25) is 0 Å². The number of hydrogen-bond donors (Lipinski definition) is 1. The number of nitrogens with zero attached hydrogens (tertiary/aromatic N) is 1. The van der Waals surface area contributed by atoms with Crippen LogP contribution in [0, 0.1) is 6.92 Å². The molecule has 7 heteroatoms. The molecule has 0 saturated heterocycles. The van der Waals surface area contributed by atoms with Gasteiger partial charge in [-0.2, -0.15) is 5.10 Å². The normalized spacial score (nSPS) is 11.1. The van der Waals surface area contributed by atoms with Crippen molar-refractivity contribution < 1.29 is 13.6 Å². The van der Waals surface area contributed by atoms with E-state index >= 15 is 0 Å². The summed E-state index contributed by atoms with van der Waals surface area (Å²) in [4.78, 5) is 11.7. The van der Waals surface area contributed by atoms with Gasteiger partial charge in [0.2, 0.25) is 0 Å². The zero-order chi connectivity index (χ0) is 13.1. The van der Waals surface area contributed by atoms with Crippen molar-refractivity contribution in [2.24, 2.45) is 5.10 Å².